The summed E-state index contributed by atoms with van der Waals surface area (Å²) in [6.07, 6.45) is 2.51. The first kappa shape index (κ1) is 23.9. The Morgan fingerprint density at radius 2 is 2.03 bits per heavy atom. The second-order valence-corrected chi connectivity index (χ2v) is 8.54. The lowest BCUT2D eigenvalue weighted by atomic mass is 10.1. The lowest BCUT2D eigenvalue weighted by molar-refractivity contribution is -0.0964. The molecular weight excluding hydrogens is 470 g/mol. The number of aliphatic hydroxyl groups is 1. The molecule has 3 N–H and O–H groups in total. The summed E-state index contributed by atoms with van der Waals surface area (Å²) in [5, 5.41) is 20.0. The molecule has 1 saturated heterocycles. The van der Waals surface area contributed by atoms with Gasteiger partial charge in [-0.25, -0.2) is 4.98 Å². The number of β-amino-alcohol motifs (C(OH)–C–C–N with tert-alkyl or cyclic N) is 1. The molecule has 4 rings (SSSR count). The fourth-order valence-corrected chi connectivity index (χ4v) is 3.92. The van der Waals surface area contributed by atoms with Crippen molar-refractivity contribution in [2.24, 2.45) is 0 Å². The zero-order valence-electron chi connectivity index (χ0n) is 18.4. The number of H-pyrrole nitrogens is 1. The third kappa shape index (κ3) is 5.44. The summed E-state index contributed by atoms with van der Waals surface area (Å²) in [6.45, 7) is 0.974. The van der Waals surface area contributed by atoms with Crippen molar-refractivity contribution in [3.8, 4) is 17.0 Å². The van der Waals surface area contributed by atoms with E-state index in [-0.39, 0.29) is 17.4 Å². The number of benzene rings is 1. The lowest BCUT2D eigenvalue weighted by Gasteiger charge is -2.23. The molecule has 9 nitrogen and oxygen atoms in total. The number of hydrogen-bond acceptors (Lipinski definition) is 7. The molecule has 1 fully saturated rings. The number of ether oxygens (including phenoxy) is 1. The molecule has 0 radical (unpaired) electrons. The van der Waals surface area contributed by atoms with Crippen LogP contribution in [0.2, 0.25) is 0 Å². The van der Waals surface area contributed by atoms with Gasteiger partial charge in [-0.05, 0) is 50.5 Å². The third-order valence-electron chi connectivity index (χ3n) is 5.49. The summed E-state index contributed by atoms with van der Waals surface area (Å²) in [5.41, 5.74) is -1.84. The van der Waals surface area contributed by atoms with Gasteiger partial charge < -0.3 is 25.0 Å². The Kier molecular flexibility index (Phi) is 6.69. The molecule has 1 aliphatic rings. The Morgan fingerprint density at radius 3 is 2.62 bits per heavy atom. The summed E-state index contributed by atoms with van der Waals surface area (Å²) in [5.74, 6) is 0.0332. The van der Waals surface area contributed by atoms with Crippen LogP contribution < -0.4 is 15.0 Å². The van der Waals surface area contributed by atoms with Gasteiger partial charge in [0.05, 0.1) is 23.4 Å². The third-order valence-corrected chi connectivity index (χ3v) is 5.56. The van der Waals surface area contributed by atoms with Gasteiger partial charge >= 0.3 is 5.57 Å². The molecular formula is C22H23ClF2N6O3. The average molecular weight is 493 g/mol. The van der Waals surface area contributed by atoms with Gasteiger partial charge in [0.15, 0.2) is 0 Å². The second kappa shape index (κ2) is 9.53. The predicted octanol–water partition coefficient (Wildman–Crippen LogP) is 3.00. The fourth-order valence-electron chi connectivity index (χ4n) is 3.83. The molecule has 34 heavy (non-hydrogen) atoms. The highest BCUT2D eigenvalue weighted by Crippen LogP contribution is 2.32. The number of hydrogen-bond donors (Lipinski definition) is 3. The number of amides is 1. The zero-order chi connectivity index (χ0) is 24.5. The minimum atomic E-state index is -3.82. The van der Waals surface area contributed by atoms with E-state index in [0.717, 1.165) is 0 Å². The second-order valence-electron chi connectivity index (χ2n) is 8.10. The number of carbonyl (C=O) groups excluding carboxylic acids is 1. The number of aromatic nitrogens is 3. The van der Waals surface area contributed by atoms with Gasteiger partial charge in [-0.1, -0.05) is 0 Å². The Balaban J connectivity index is 1.56. The highest BCUT2D eigenvalue weighted by Gasteiger charge is 2.34. The first-order chi connectivity index (χ1) is 16.1. The van der Waals surface area contributed by atoms with E-state index in [4.69, 9.17) is 11.6 Å². The molecule has 2 atom stereocenters. The van der Waals surface area contributed by atoms with Gasteiger partial charge in [0.1, 0.15) is 11.6 Å². The van der Waals surface area contributed by atoms with Crippen molar-refractivity contribution >= 4 is 29.0 Å². The number of rotatable bonds is 7. The summed E-state index contributed by atoms with van der Waals surface area (Å²) >= 11 is 4.76. The minimum absolute atomic E-state index is 0.0508. The van der Waals surface area contributed by atoms with Crippen molar-refractivity contribution in [2.45, 2.75) is 17.7 Å². The largest absolute Gasteiger partial charge is 0.487 e. The van der Waals surface area contributed by atoms with Crippen LogP contribution >= 0.6 is 11.6 Å². The van der Waals surface area contributed by atoms with E-state index >= 15 is 0 Å². The summed E-state index contributed by atoms with van der Waals surface area (Å²) in [4.78, 5) is 21.3. The van der Waals surface area contributed by atoms with E-state index in [1.165, 1.54) is 30.5 Å². The smallest absolute Gasteiger partial charge is 0.420 e. The van der Waals surface area contributed by atoms with Crippen molar-refractivity contribution < 1.29 is 23.4 Å². The molecule has 2 aromatic heterocycles. The first-order valence-electron chi connectivity index (χ1n) is 10.4. The Labute approximate surface area is 199 Å². The molecule has 1 aliphatic heterocycles. The van der Waals surface area contributed by atoms with Crippen LogP contribution in [0.4, 0.5) is 20.3 Å². The highest BCUT2D eigenvalue weighted by molar-refractivity contribution is 6.20. The quantitative estimate of drug-likeness (QED) is 0.435. The Hall–Kier alpha value is -3.28. The van der Waals surface area contributed by atoms with E-state index < -0.39 is 17.6 Å². The number of aliphatic hydroxyl groups excluding tert-OH is 1. The van der Waals surface area contributed by atoms with E-state index in [0.29, 0.717) is 35.9 Å². The number of carbonyl (C=O) groups is 1. The van der Waals surface area contributed by atoms with E-state index in [1.54, 1.807) is 18.3 Å². The molecule has 12 heteroatoms. The van der Waals surface area contributed by atoms with Crippen molar-refractivity contribution in [2.75, 3.05) is 37.4 Å². The van der Waals surface area contributed by atoms with Crippen LogP contribution in [0.1, 0.15) is 10.4 Å². The molecule has 0 unspecified atom stereocenters. The standard InChI is InChI=1S/C22H23ClF2N6O3/c1-30(2)18-11-31(12-19(18)32)20-16(17-7-8-27-29-17)9-13(10-26-20)21(33)28-14-3-5-15(6-4-14)34-22(23,24)25/h3-10,18-19,32H,11-12H2,1-2H3,(H,27,29)(H,28,33)/t18-,19-/m0/s1. The van der Waals surface area contributed by atoms with E-state index in [2.05, 4.69) is 25.2 Å². The number of nitrogens with one attached hydrogen (secondary N) is 2. The van der Waals surface area contributed by atoms with Gasteiger partial charge in [-0.2, -0.15) is 5.10 Å². The maximum atomic E-state index is 12.9. The van der Waals surface area contributed by atoms with Crippen LogP contribution in [0.15, 0.2) is 48.8 Å². The molecule has 3 heterocycles. The normalized spacial score (nSPS) is 18.4. The van der Waals surface area contributed by atoms with Gasteiger partial charge in [0, 0.05) is 48.3 Å². The predicted molar refractivity (Wildman–Crippen MR) is 123 cm³/mol. The molecule has 3 aromatic rings. The Morgan fingerprint density at radius 1 is 1.29 bits per heavy atom. The molecule has 1 amide bonds. The number of pyridine rings is 1. The Bertz CT molecular complexity index is 1140. The summed E-state index contributed by atoms with van der Waals surface area (Å²) in [7, 11) is 3.82. The van der Waals surface area contributed by atoms with Gasteiger partial charge in [-0.15, -0.1) is 8.78 Å². The number of likely N-dealkylation sites (N-methyl/N-ethyl adjacent to an activating group) is 1. The molecule has 1 aromatic carbocycles. The number of aromatic amines is 1. The molecule has 0 spiro atoms. The summed E-state index contributed by atoms with van der Waals surface area (Å²) < 4.78 is 29.8. The van der Waals surface area contributed by atoms with Gasteiger partial charge in [0.2, 0.25) is 0 Å². The van der Waals surface area contributed by atoms with Crippen LogP contribution in [0.25, 0.3) is 11.3 Å². The zero-order valence-corrected chi connectivity index (χ0v) is 19.1. The van der Waals surface area contributed by atoms with Crippen LogP contribution in [0.3, 0.4) is 0 Å². The summed E-state index contributed by atoms with van der Waals surface area (Å²) in [6, 6.07) is 8.77. The lowest BCUT2D eigenvalue weighted by Crippen LogP contribution is -2.38. The number of nitrogens with zero attached hydrogens (tertiary/aromatic N) is 4. The number of alkyl halides is 3. The van der Waals surface area contributed by atoms with Gasteiger partial charge in [-0.3, -0.25) is 9.89 Å². The van der Waals surface area contributed by atoms with Crippen molar-refractivity contribution in [3.05, 3.63) is 54.4 Å². The number of halogens is 3. The van der Waals surface area contributed by atoms with Crippen molar-refractivity contribution in [3.63, 3.8) is 0 Å². The molecule has 0 saturated carbocycles. The topological polar surface area (TPSA) is 107 Å². The van der Waals surface area contributed by atoms with Crippen LogP contribution in [-0.4, -0.2) is 76.0 Å². The highest BCUT2D eigenvalue weighted by atomic mass is 35.5. The van der Waals surface area contributed by atoms with E-state index in [1.807, 2.05) is 23.9 Å². The van der Waals surface area contributed by atoms with Crippen LogP contribution in [-0.2, 0) is 0 Å². The fraction of sp³-hybridized carbons (Fsp3) is 0.318. The number of anilines is 2. The SMILES string of the molecule is CN(C)[C@H]1CN(c2ncc(C(=O)Nc3ccc(OC(F)(F)Cl)cc3)cc2-c2ccn[nH]2)C[C@@H]1O. The van der Waals surface area contributed by atoms with Gasteiger partial charge in [0.25, 0.3) is 5.91 Å². The molecule has 0 bridgehead atoms. The average Bonchev–Trinajstić information content (AvgIpc) is 3.43. The first-order valence-corrected chi connectivity index (χ1v) is 10.7. The monoisotopic (exact) mass is 492 g/mol. The van der Waals surface area contributed by atoms with Crippen molar-refractivity contribution in [1.82, 2.24) is 20.1 Å². The minimum Gasteiger partial charge on any atom is -0.420 e. The molecule has 0 aliphatic carbocycles. The molecule has 180 valence electrons. The van der Waals surface area contributed by atoms with Crippen LogP contribution in [0, 0.1) is 0 Å². The maximum absolute atomic E-state index is 12.9. The van der Waals surface area contributed by atoms with E-state index in [9.17, 15) is 18.7 Å². The van der Waals surface area contributed by atoms with Crippen molar-refractivity contribution in [1.29, 1.82) is 0 Å². The van der Waals surface area contributed by atoms with Crippen LogP contribution in [0.5, 0.6) is 5.75 Å². The maximum Gasteiger partial charge on any atom is 0.487 e.